The first kappa shape index (κ1) is 12.0. The van der Waals surface area contributed by atoms with Gasteiger partial charge in [-0.15, -0.1) is 11.3 Å². The summed E-state index contributed by atoms with van der Waals surface area (Å²) in [5, 5.41) is 3.18. The molecule has 2 rings (SSSR count). The van der Waals surface area contributed by atoms with Crippen LogP contribution in [0.15, 0.2) is 12.1 Å². The SMILES string of the molecule is CNCc1ccc(CN(C)C2CCOC2)s1. The number of likely N-dealkylation sites (N-methyl/N-ethyl adjacent to an activating group) is 1. The average Bonchev–Trinajstić information content (AvgIpc) is 2.89. The maximum absolute atomic E-state index is 5.41. The van der Waals surface area contributed by atoms with Gasteiger partial charge >= 0.3 is 0 Å². The van der Waals surface area contributed by atoms with Gasteiger partial charge in [-0.05, 0) is 32.6 Å². The number of hydrogen-bond donors (Lipinski definition) is 1. The normalized spacial score (nSPS) is 20.8. The van der Waals surface area contributed by atoms with Gasteiger partial charge in [-0.3, -0.25) is 4.90 Å². The number of nitrogens with one attached hydrogen (secondary N) is 1. The first-order chi connectivity index (χ1) is 7.79. The Bertz CT molecular complexity index is 321. The zero-order valence-corrected chi connectivity index (χ0v) is 10.8. The van der Waals surface area contributed by atoms with E-state index < -0.39 is 0 Å². The third-order valence-electron chi connectivity index (χ3n) is 3.00. The second-order valence-corrected chi connectivity index (χ2v) is 5.58. The Morgan fingerprint density at radius 2 is 2.31 bits per heavy atom. The van der Waals surface area contributed by atoms with Crippen molar-refractivity contribution in [1.82, 2.24) is 10.2 Å². The minimum Gasteiger partial charge on any atom is -0.380 e. The predicted octanol–water partition coefficient (Wildman–Crippen LogP) is 1.69. The summed E-state index contributed by atoms with van der Waals surface area (Å²) in [5.74, 6) is 0. The molecule has 0 aromatic carbocycles. The molecule has 1 N–H and O–H groups in total. The molecule has 0 aliphatic carbocycles. The third-order valence-corrected chi connectivity index (χ3v) is 4.07. The van der Waals surface area contributed by atoms with Gasteiger partial charge in [-0.2, -0.15) is 0 Å². The second-order valence-electron chi connectivity index (χ2n) is 4.33. The zero-order valence-electron chi connectivity index (χ0n) is 10.0. The van der Waals surface area contributed by atoms with Crippen LogP contribution in [0.1, 0.15) is 16.2 Å². The van der Waals surface area contributed by atoms with Crippen molar-refractivity contribution in [2.75, 3.05) is 27.3 Å². The largest absolute Gasteiger partial charge is 0.380 e. The van der Waals surface area contributed by atoms with E-state index in [1.807, 2.05) is 18.4 Å². The fraction of sp³-hybridized carbons (Fsp3) is 0.667. The quantitative estimate of drug-likeness (QED) is 0.847. The molecule has 0 amide bonds. The van der Waals surface area contributed by atoms with Crippen molar-refractivity contribution in [3.05, 3.63) is 21.9 Å². The van der Waals surface area contributed by atoms with E-state index in [9.17, 15) is 0 Å². The Kier molecular flexibility index (Phi) is 4.35. The Hall–Kier alpha value is -0.420. The van der Waals surface area contributed by atoms with Crippen LogP contribution in [0.2, 0.25) is 0 Å². The van der Waals surface area contributed by atoms with E-state index >= 15 is 0 Å². The maximum Gasteiger partial charge on any atom is 0.0622 e. The summed E-state index contributed by atoms with van der Waals surface area (Å²) in [6.45, 7) is 3.83. The van der Waals surface area contributed by atoms with E-state index in [0.717, 1.165) is 26.3 Å². The van der Waals surface area contributed by atoms with Gasteiger partial charge in [0.2, 0.25) is 0 Å². The van der Waals surface area contributed by atoms with Crippen LogP contribution in [0.3, 0.4) is 0 Å². The molecule has 2 heterocycles. The molecule has 0 spiro atoms. The first-order valence-electron chi connectivity index (χ1n) is 5.80. The molecule has 1 aliphatic heterocycles. The molecule has 1 unspecified atom stereocenters. The summed E-state index contributed by atoms with van der Waals surface area (Å²) in [6.07, 6.45) is 1.17. The van der Waals surface area contributed by atoms with E-state index in [4.69, 9.17) is 4.74 Å². The van der Waals surface area contributed by atoms with Gasteiger partial charge in [-0.1, -0.05) is 0 Å². The van der Waals surface area contributed by atoms with Gasteiger partial charge in [0.15, 0.2) is 0 Å². The lowest BCUT2D eigenvalue weighted by Crippen LogP contribution is -2.30. The number of hydrogen-bond acceptors (Lipinski definition) is 4. The van der Waals surface area contributed by atoms with Gasteiger partial charge in [0.1, 0.15) is 0 Å². The topological polar surface area (TPSA) is 24.5 Å². The number of thiophene rings is 1. The summed E-state index contributed by atoms with van der Waals surface area (Å²) < 4.78 is 5.41. The van der Waals surface area contributed by atoms with Crippen LogP contribution in [-0.2, 0) is 17.8 Å². The molecule has 1 atom stereocenters. The van der Waals surface area contributed by atoms with Crippen molar-refractivity contribution < 1.29 is 4.74 Å². The molecule has 0 bridgehead atoms. The highest BCUT2D eigenvalue weighted by atomic mass is 32.1. The molecule has 1 aromatic rings. The van der Waals surface area contributed by atoms with Crippen LogP contribution in [0.5, 0.6) is 0 Å². The summed E-state index contributed by atoms with van der Waals surface area (Å²) in [7, 11) is 4.18. The molecule has 90 valence electrons. The third kappa shape index (κ3) is 3.04. The summed E-state index contributed by atoms with van der Waals surface area (Å²) in [6, 6.07) is 5.06. The molecule has 0 radical (unpaired) electrons. The lowest BCUT2D eigenvalue weighted by atomic mass is 10.2. The standard InChI is InChI=1S/C12H20N2OS/c1-13-7-11-3-4-12(16-11)8-14(2)10-5-6-15-9-10/h3-4,10,13H,5-9H2,1-2H3. The van der Waals surface area contributed by atoms with E-state index in [2.05, 4.69) is 29.4 Å². The van der Waals surface area contributed by atoms with Gasteiger partial charge < -0.3 is 10.1 Å². The highest BCUT2D eigenvalue weighted by Gasteiger charge is 2.20. The molecule has 1 aliphatic rings. The molecule has 1 fully saturated rings. The summed E-state index contributed by atoms with van der Waals surface area (Å²) >= 11 is 1.90. The average molecular weight is 240 g/mol. The van der Waals surface area contributed by atoms with Crippen molar-refractivity contribution in [1.29, 1.82) is 0 Å². The van der Waals surface area contributed by atoms with Crippen molar-refractivity contribution in [3.63, 3.8) is 0 Å². The molecule has 4 heteroatoms. The van der Waals surface area contributed by atoms with Crippen LogP contribution < -0.4 is 5.32 Å². The fourth-order valence-corrected chi connectivity index (χ4v) is 3.11. The van der Waals surface area contributed by atoms with Gasteiger partial charge in [-0.25, -0.2) is 0 Å². The van der Waals surface area contributed by atoms with Crippen LogP contribution in [0, 0.1) is 0 Å². The molecule has 1 aromatic heterocycles. The highest BCUT2D eigenvalue weighted by Crippen LogP contribution is 2.20. The molecule has 3 nitrogen and oxygen atoms in total. The predicted molar refractivity (Wildman–Crippen MR) is 67.8 cm³/mol. The van der Waals surface area contributed by atoms with E-state index in [1.54, 1.807) is 0 Å². The van der Waals surface area contributed by atoms with E-state index in [-0.39, 0.29) is 0 Å². The minimum atomic E-state index is 0.606. The monoisotopic (exact) mass is 240 g/mol. The van der Waals surface area contributed by atoms with E-state index in [1.165, 1.54) is 16.2 Å². The Labute approximate surface area is 101 Å². The van der Waals surface area contributed by atoms with Crippen LogP contribution in [0.25, 0.3) is 0 Å². The molecular formula is C12H20N2OS. The van der Waals surface area contributed by atoms with Gasteiger partial charge in [0.25, 0.3) is 0 Å². The number of rotatable bonds is 5. The maximum atomic E-state index is 5.41. The van der Waals surface area contributed by atoms with Crippen molar-refractivity contribution in [2.45, 2.75) is 25.6 Å². The Morgan fingerprint density at radius 1 is 1.50 bits per heavy atom. The highest BCUT2D eigenvalue weighted by molar-refractivity contribution is 7.11. The van der Waals surface area contributed by atoms with Crippen LogP contribution >= 0.6 is 11.3 Å². The first-order valence-corrected chi connectivity index (χ1v) is 6.61. The molecule has 1 saturated heterocycles. The van der Waals surface area contributed by atoms with Gasteiger partial charge in [0.05, 0.1) is 6.61 Å². The summed E-state index contributed by atoms with van der Waals surface area (Å²) in [4.78, 5) is 5.26. The Balaban J connectivity index is 1.87. The Morgan fingerprint density at radius 3 is 3.00 bits per heavy atom. The molecule has 0 saturated carbocycles. The molecule has 16 heavy (non-hydrogen) atoms. The second kappa shape index (κ2) is 5.77. The lowest BCUT2D eigenvalue weighted by molar-refractivity contribution is 0.157. The van der Waals surface area contributed by atoms with Gasteiger partial charge in [0, 0.05) is 35.5 Å². The van der Waals surface area contributed by atoms with Crippen LogP contribution in [0.4, 0.5) is 0 Å². The van der Waals surface area contributed by atoms with Crippen molar-refractivity contribution in [3.8, 4) is 0 Å². The molecular weight excluding hydrogens is 220 g/mol. The van der Waals surface area contributed by atoms with Crippen molar-refractivity contribution in [2.24, 2.45) is 0 Å². The smallest absolute Gasteiger partial charge is 0.0622 e. The number of nitrogens with zero attached hydrogens (tertiary/aromatic N) is 1. The minimum absolute atomic E-state index is 0.606. The fourth-order valence-electron chi connectivity index (χ4n) is 2.02. The lowest BCUT2D eigenvalue weighted by Gasteiger charge is -2.21. The van der Waals surface area contributed by atoms with Crippen molar-refractivity contribution >= 4 is 11.3 Å². The number of ether oxygens (including phenoxy) is 1. The van der Waals surface area contributed by atoms with E-state index in [0.29, 0.717) is 6.04 Å². The zero-order chi connectivity index (χ0) is 11.4. The summed E-state index contributed by atoms with van der Waals surface area (Å²) in [5.41, 5.74) is 0. The van der Waals surface area contributed by atoms with Crippen LogP contribution in [-0.4, -0.2) is 38.3 Å².